The van der Waals surface area contributed by atoms with E-state index in [-0.39, 0.29) is 5.91 Å². The van der Waals surface area contributed by atoms with Gasteiger partial charge in [-0.05, 0) is 26.6 Å². The van der Waals surface area contributed by atoms with Crippen LogP contribution >= 0.6 is 0 Å². The zero-order valence-electron chi connectivity index (χ0n) is 10.3. The summed E-state index contributed by atoms with van der Waals surface area (Å²) in [6.45, 7) is 3.62. The van der Waals surface area contributed by atoms with Gasteiger partial charge in [0.15, 0.2) is 0 Å². The van der Waals surface area contributed by atoms with E-state index < -0.39 is 0 Å². The Bertz CT molecular complexity index is 348. The molecule has 0 aromatic heterocycles. The molecule has 0 fully saturated rings. The van der Waals surface area contributed by atoms with Crippen LogP contribution in [-0.2, 0) is 11.2 Å². The van der Waals surface area contributed by atoms with Gasteiger partial charge in [-0.2, -0.15) is 0 Å². The second-order valence-corrected chi connectivity index (χ2v) is 4.32. The Balaban J connectivity index is 2.34. The van der Waals surface area contributed by atoms with Gasteiger partial charge in [-0.3, -0.25) is 4.79 Å². The highest BCUT2D eigenvalue weighted by Crippen LogP contribution is 2.04. The number of likely N-dealkylation sites (N-methyl/N-ethyl adjacent to an activating group) is 1. The summed E-state index contributed by atoms with van der Waals surface area (Å²) >= 11 is 0. The Morgan fingerprint density at radius 2 is 2.12 bits per heavy atom. The molecule has 1 amide bonds. The lowest BCUT2D eigenvalue weighted by Gasteiger charge is -2.10. The fraction of sp³-hybridized carbons (Fsp3) is 0.462. The lowest BCUT2D eigenvalue weighted by atomic mass is 10.1. The van der Waals surface area contributed by atoms with Crippen LogP contribution in [-0.4, -0.2) is 38.0 Å². The van der Waals surface area contributed by atoms with E-state index in [0.29, 0.717) is 13.0 Å². The molecule has 3 heteroatoms. The molecule has 0 unspecified atom stereocenters. The molecule has 1 aromatic rings. The SMILES string of the molecule is Cc1cccc(CC(=O)NCCN(C)C)c1. The van der Waals surface area contributed by atoms with Crippen molar-refractivity contribution in [1.29, 1.82) is 0 Å². The van der Waals surface area contributed by atoms with Crippen LogP contribution in [0.2, 0.25) is 0 Å². The molecule has 0 aliphatic carbocycles. The molecule has 0 aliphatic rings. The Hall–Kier alpha value is -1.35. The zero-order chi connectivity index (χ0) is 12.0. The monoisotopic (exact) mass is 220 g/mol. The van der Waals surface area contributed by atoms with Gasteiger partial charge in [0.2, 0.25) is 5.91 Å². The second-order valence-electron chi connectivity index (χ2n) is 4.32. The number of hydrogen-bond donors (Lipinski definition) is 1. The highest BCUT2D eigenvalue weighted by molar-refractivity contribution is 5.78. The summed E-state index contributed by atoms with van der Waals surface area (Å²) in [6, 6.07) is 8.05. The molecule has 1 aromatic carbocycles. The molecule has 0 saturated carbocycles. The van der Waals surface area contributed by atoms with Crippen LogP contribution in [0.15, 0.2) is 24.3 Å². The summed E-state index contributed by atoms with van der Waals surface area (Å²) in [4.78, 5) is 13.6. The van der Waals surface area contributed by atoms with Crippen LogP contribution < -0.4 is 5.32 Å². The largest absolute Gasteiger partial charge is 0.355 e. The second kappa shape index (κ2) is 6.28. The Kier molecular flexibility index (Phi) is 4.99. The predicted octanol–water partition coefficient (Wildman–Crippen LogP) is 1.22. The number of nitrogens with zero attached hydrogens (tertiary/aromatic N) is 1. The third-order valence-electron chi connectivity index (χ3n) is 2.33. The summed E-state index contributed by atoms with van der Waals surface area (Å²) in [7, 11) is 3.99. The molecular formula is C13H20N2O. The van der Waals surface area contributed by atoms with Gasteiger partial charge in [0.1, 0.15) is 0 Å². The van der Waals surface area contributed by atoms with Gasteiger partial charge < -0.3 is 10.2 Å². The highest BCUT2D eigenvalue weighted by Gasteiger charge is 2.02. The van der Waals surface area contributed by atoms with Crippen LogP contribution in [0.3, 0.4) is 0 Å². The van der Waals surface area contributed by atoms with Crippen molar-refractivity contribution in [3.05, 3.63) is 35.4 Å². The number of carbonyl (C=O) groups is 1. The van der Waals surface area contributed by atoms with Crippen molar-refractivity contribution in [1.82, 2.24) is 10.2 Å². The number of benzene rings is 1. The maximum absolute atomic E-state index is 11.6. The van der Waals surface area contributed by atoms with E-state index in [9.17, 15) is 4.79 Å². The van der Waals surface area contributed by atoms with Crippen LogP contribution in [0.5, 0.6) is 0 Å². The van der Waals surface area contributed by atoms with Crippen molar-refractivity contribution in [2.45, 2.75) is 13.3 Å². The number of aryl methyl sites for hydroxylation is 1. The topological polar surface area (TPSA) is 32.3 Å². The van der Waals surface area contributed by atoms with E-state index in [2.05, 4.69) is 5.32 Å². The molecular weight excluding hydrogens is 200 g/mol. The molecule has 0 radical (unpaired) electrons. The average molecular weight is 220 g/mol. The number of amides is 1. The van der Waals surface area contributed by atoms with Gasteiger partial charge in [-0.15, -0.1) is 0 Å². The van der Waals surface area contributed by atoms with E-state index in [0.717, 1.165) is 12.1 Å². The van der Waals surface area contributed by atoms with Crippen molar-refractivity contribution in [2.24, 2.45) is 0 Å². The van der Waals surface area contributed by atoms with Crippen LogP contribution in [0.1, 0.15) is 11.1 Å². The molecule has 88 valence electrons. The van der Waals surface area contributed by atoms with Crippen molar-refractivity contribution < 1.29 is 4.79 Å². The quantitative estimate of drug-likeness (QED) is 0.809. The summed E-state index contributed by atoms with van der Waals surface area (Å²) in [5.41, 5.74) is 2.26. The first-order valence-corrected chi connectivity index (χ1v) is 5.55. The summed E-state index contributed by atoms with van der Waals surface area (Å²) < 4.78 is 0. The number of nitrogens with one attached hydrogen (secondary N) is 1. The number of carbonyl (C=O) groups excluding carboxylic acids is 1. The lowest BCUT2D eigenvalue weighted by molar-refractivity contribution is -0.120. The van der Waals surface area contributed by atoms with E-state index in [4.69, 9.17) is 0 Å². The Labute approximate surface area is 97.5 Å². The van der Waals surface area contributed by atoms with Crippen LogP contribution in [0.25, 0.3) is 0 Å². The first-order chi connectivity index (χ1) is 7.58. The minimum atomic E-state index is 0.0902. The number of hydrogen-bond acceptors (Lipinski definition) is 2. The molecule has 0 spiro atoms. The minimum absolute atomic E-state index is 0.0902. The molecule has 3 nitrogen and oxygen atoms in total. The van der Waals surface area contributed by atoms with Crippen LogP contribution in [0.4, 0.5) is 0 Å². The minimum Gasteiger partial charge on any atom is -0.355 e. The van der Waals surface area contributed by atoms with Crippen molar-refractivity contribution >= 4 is 5.91 Å². The molecule has 0 saturated heterocycles. The van der Waals surface area contributed by atoms with Gasteiger partial charge in [0.05, 0.1) is 6.42 Å². The predicted molar refractivity (Wildman–Crippen MR) is 66.4 cm³/mol. The van der Waals surface area contributed by atoms with Crippen molar-refractivity contribution in [3.63, 3.8) is 0 Å². The Morgan fingerprint density at radius 3 is 2.75 bits per heavy atom. The van der Waals surface area contributed by atoms with Gasteiger partial charge in [-0.1, -0.05) is 29.8 Å². The van der Waals surface area contributed by atoms with E-state index in [1.54, 1.807) is 0 Å². The summed E-state index contributed by atoms with van der Waals surface area (Å²) in [6.07, 6.45) is 0.467. The van der Waals surface area contributed by atoms with E-state index in [1.165, 1.54) is 5.56 Å². The Morgan fingerprint density at radius 1 is 1.38 bits per heavy atom. The summed E-state index contributed by atoms with van der Waals surface area (Å²) in [5, 5.41) is 2.90. The van der Waals surface area contributed by atoms with Crippen molar-refractivity contribution in [2.75, 3.05) is 27.2 Å². The molecule has 1 rings (SSSR count). The summed E-state index contributed by atoms with van der Waals surface area (Å²) in [5.74, 6) is 0.0902. The van der Waals surface area contributed by atoms with Gasteiger partial charge >= 0.3 is 0 Å². The fourth-order valence-electron chi connectivity index (χ4n) is 1.49. The molecule has 0 bridgehead atoms. The molecule has 1 N–H and O–H groups in total. The smallest absolute Gasteiger partial charge is 0.224 e. The molecule has 0 aliphatic heterocycles. The first kappa shape index (κ1) is 12.7. The highest BCUT2D eigenvalue weighted by atomic mass is 16.1. The maximum Gasteiger partial charge on any atom is 0.224 e. The average Bonchev–Trinajstić information content (AvgIpc) is 2.16. The van der Waals surface area contributed by atoms with E-state index in [1.807, 2.05) is 50.2 Å². The maximum atomic E-state index is 11.6. The standard InChI is InChI=1S/C13H20N2O/c1-11-5-4-6-12(9-11)10-13(16)14-7-8-15(2)3/h4-6,9H,7-8,10H2,1-3H3,(H,14,16). The number of rotatable bonds is 5. The van der Waals surface area contributed by atoms with Gasteiger partial charge in [0, 0.05) is 13.1 Å². The lowest BCUT2D eigenvalue weighted by Crippen LogP contribution is -2.32. The molecule has 0 heterocycles. The third kappa shape index (κ3) is 4.94. The first-order valence-electron chi connectivity index (χ1n) is 5.55. The molecule has 16 heavy (non-hydrogen) atoms. The van der Waals surface area contributed by atoms with Crippen molar-refractivity contribution in [3.8, 4) is 0 Å². The fourth-order valence-corrected chi connectivity index (χ4v) is 1.49. The van der Waals surface area contributed by atoms with E-state index >= 15 is 0 Å². The molecule has 0 atom stereocenters. The van der Waals surface area contributed by atoms with Gasteiger partial charge in [-0.25, -0.2) is 0 Å². The normalized spacial score (nSPS) is 10.5. The van der Waals surface area contributed by atoms with Crippen LogP contribution in [0, 0.1) is 6.92 Å². The van der Waals surface area contributed by atoms with Gasteiger partial charge in [0.25, 0.3) is 0 Å². The third-order valence-corrected chi connectivity index (χ3v) is 2.33. The zero-order valence-corrected chi connectivity index (χ0v) is 10.3.